The molecule has 1 aromatic heterocycles. The van der Waals surface area contributed by atoms with E-state index in [4.69, 9.17) is 9.63 Å². The van der Waals surface area contributed by atoms with Crippen LogP contribution in [0.15, 0.2) is 4.52 Å². The lowest BCUT2D eigenvalue weighted by Gasteiger charge is -2.23. The first-order valence-electron chi connectivity index (χ1n) is 4.95. The number of nitrogens with zero attached hydrogens (tertiary/aromatic N) is 1. The van der Waals surface area contributed by atoms with Crippen molar-refractivity contribution in [3.8, 4) is 0 Å². The van der Waals surface area contributed by atoms with Crippen LogP contribution in [-0.4, -0.2) is 23.3 Å². The lowest BCUT2D eigenvalue weighted by molar-refractivity contribution is 0.0592. The van der Waals surface area contributed by atoms with E-state index in [1.807, 2.05) is 0 Å². The summed E-state index contributed by atoms with van der Waals surface area (Å²) in [6.07, 6.45) is 3.18. The molecule has 0 aromatic carbocycles. The zero-order valence-electron chi connectivity index (χ0n) is 8.52. The van der Waals surface area contributed by atoms with Crippen molar-refractivity contribution < 1.29 is 19.2 Å². The molecule has 2 rings (SSSR count). The van der Waals surface area contributed by atoms with Crippen molar-refractivity contribution in [1.82, 2.24) is 5.16 Å². The summed E-state index contributed by atoms with van der Waals surface area (Å²) in [6, 6.07) is 0. The number of ether oxygens (including phenoxy) is 1. The van der Waals surface area contributed by atoms with Crippen molar-refractivity contribution in [2.75, 3.05) is 7.11 Å². The Kier molecular flexibility index (Phi) is 2.73. The monoisotopic (exact) mass is 211 g/mol. The van der Waals surface area contributed by atoms with Crippen LogP contribution in [0.25, 0.3) is 0 Å². The normalized spacial score (nSPS) is 16.1. The molecule has 0 amide bonds. The molecule has 1 heterocycles. The summed E-state index contributed by atoms with van der Waals surface area (Å²) in [4.78, 5) is 11.5. The Labute approximate surface area is 87.0 Å². The lowest BCUT2D eigenvalue weighted by atomic mass is 9.81. The number of carbonyl (C=O) groups excluding carboxylic acids is 1. The van der Waals surface area contributed by atoms with Crippen molar-refractivity contribution in [1.29, 1.82) is 0 Å². The fraction of sp³-hybridized carbons (Fsp3) is 0.600. The molecule has 1 aromatic rings. The summed E-state index contributed by atoms with van der Waals surface area (Å²) in [6.45, 7) is -0.329. The van der Waals surface area contributed by atoms with Crippen LogP contribution in [0.2, 0.25) is 0 Å². The third-order valence-electron chi connectivity index (χ3n) is 2.81. The number of hydrogen-bond donors (Lipinski definition) is 1. The fourth-order valence-electron chi connectivity index (χ4n) is 1.73. The molecule has 0 saturated heterocycles. The Hall–Kier alpha value is -1.36. The maximum atomic E-state index is 11.5. The number of aliphatic hydroxyl groups excluding tert-OH is 1. The first-order valence-corrected chi connectivity index (χ1v) is 4.95. The van der Waals surface area contributed by atoms with Crippen molar-refractivity contribution in [3.63, 3.8) is 0 Å². The molecule has 1 aliphatic rings. The minimum absolute atomic E-state index is 0.198. The van der Waals surface area contributed by atoms with E-state index in [0.717, 1.165) is 19.3 Å². The highest BCUT2D eigenvalue weighted by Gasteiger charge is 2.31. The van der Waals surface area contributed by atoms with E-state index in [9.17, 15) is 4.79 Å². The summed E-state index contributed by atoms with van der Waals surface area (Å²) in [5.41, 5.74) is 0.946. The second kappa shape index (κ2) is 4.02. The van der Waals surface area contributed by atoms with Gasteiger partial charge in [0.1, 0.15) is 17.9 Å². The third kappa shape index (κ3) is 1.63. The maximum Gasteiger partial charge on any atom is 0.343 e. The summed E-state index contributed by atoms with van der Waals surface area (Å²) in [5, 5.41) is 12.8. The quantitative estimate of drug-likeness (QED) is 0.761. The van der Waals surface area contributed by atoms with Gasteiger partial charge in [0.05, 0.1) is 7.11 Å². The standard InChI is InChI=1S/C10H13NO4/c1-14-10(13)8-7(5-12)15-11-9(8)6-3-2-4-6/h6,12H,2-5H2,1H3. The largest absolute Gasteiger partial charge is 0.465 e. The number of methoxy groups -OCH3 is 1. The van der Waals surface area contributed by atoms with Gasteiger partial charge in [-0.2, -0.15) is 0 Å². The number of rotatable bonds is 3. The summed E-state index contributed by atoms with van der Waals surface area (Å²) >= 11 is 0. The van der Waals surface area contributed by atoms with Crippen LogP contribution in [0.1, 0.15) is 47.0 Å². The van der Waals surface area contributed by atoms with Crippen LogP contribution in [0.5, 0.6) is 0 Å². The summed E-state index contributed by atoms with van der Waals surface area (Å²) in [5.74, 6) is -0.00546. The number of esters is 1. The van der Waals surface area contributed by atoms with Crippen molar-refractivity contribution in [3.05, 3.63) is 17.0 Å². The van der Waals surface area contributed by atoms with Gasteiger partial charge in [0.25, 0.3) is 0 Å². The summed E-state index contributed by atoms with van der Waals surface area (Å²) in [7, 11) is 1.31. The van der Waals surface area contributed by atoms with Crippen molar-refractivity contribution in [2.45, 2.75) is 31.8 Å². The van der Waals surface area contributed by atoms with Gasteiger partial charge in [0.2, 0.25) is 0 Å². The molecule has 1 aliphatic carbocycles. The lowest BCUT2D eigenvalue weighted by Crippen LogP contribution is -2.15. The van der Waals surface area contributed by atoms with E-state index in [0.29, 0.717) is 11.3 Å². The van der Waals surface area contributed by atoms with Crippen molar-refractivity contribution in [2.24, 2.45) is 0 Å². The van der Waals surface area contributed by atoms with E-state index >= 15 is 0 Å². The molecule has 1 N–H and O–H groups in total. The second-order valence-electron chi connectivity index (χ2n) is 3.64. The molecule has 82 valence electrons. The van der Waals surface area contributed by atoms with Gasteiger partial charge in [-0.1, -0.05) is 11.6 Å². The van der Waals surface area contributed by atoms with Gasteiger partial charge < -0.3 is 14.4 Å². The Morgan fingerprint density at radius 3 is 2.87 bits per heavy atom. The minimum Gasteiger partial charge on any atom is -0.465 e. The Morgan fingerprint density at radius 2 is 2.40 bits per heavy atom. The molecule has 0 radical (unpaired) electrons. The van der Waals surface area contributed by atoms with Crippen LogP contribution < -0.4 is 0 Å². The predicted octanol–water partition coefficient (Wildman–Crippen LogP) is 1.22. The molecule has 15 heavy (non-hydrogen) atoms. The molecular formula is C10H13NO4. The van der Waals surface area contributed by atoms with E-state index in [1.165, 1.54) is 7.11 Å². The van der Waals surface area contributed by atoms with E-state index in [-0.39, 0.29) is 18.3 Å². The highest BCUT2D eigenvalue weighted by atomic mass is 16.5. The van der Waals surface area contributed by atoms with Gasteiger partial charge in [0.15, 0.2) is 5.76 Å². The smallest absolute Gasteiger partial charge is 0.343 e. The van der Waals surface area contributed by atoms with E-state index < -0.39 is 5.97 Å². The van der Waals surface area contributed by atoms with Crippen LogP contribution in [0.3, 0.4) is 0 Å². The highest BCUT2D eigenvalue weighted by molar-refractivity contribution is 5.91. The van der Waals surface area contributed by atoms with Crippen LogP contribution in [0.4, 0.5) is 0 Å². The van der Waals surface area contributed by atoms with Crippen LogP contribution in [0, 0.1) is 0 Å². The number of hydrogen-bond acceptors (Lipinski definition) is 5. The second-order valence-corrected chi connectivity index (χ2v) is 3.64. The molecule has 5 nitrogen and oxygen atoms in total. The molecule has 0 bridgehead atoms. The number of carbonyl (C=O) groups is 1. The Morgan fingerprint density at radius 1 is 1.67 bits per heavy atom. The van der Waals surface area contributed by atoms with Gasteiger partial charge in [-0.25, -0.2) is 4.79 Å². The Balaban J connectivity index is 2.36. The third-order valence-corrected chi connectivity index (χ3v) is 2.81. The molecule has 1 fully saturated rings. The zero-order chi connectivity index (χ0) is 10.8. The van der Waals surface area contributed by atoms with Gasteiger partial charge in [-0.05, 0) is 12.8 Å². The molecule has 0 unspecified atom stereocenters. The van der Waals surface area contributed by atoms with Gasteiger partial charge in [0, 0.05) is 5.92 Å². The van der Waals surface area contributed by atoms with Crippen LogP contribution >= 0.6 is 0 Å². The topological polar surface area (TPSA) is 72.6 Å². The van der Waals surface area contributed by atoms with Gasteiger partial charge >= 0.3 is 5.97 Å². The molecule has 1 saturated carbocycles. The average molecular weight is 211 g/mol. The molecule has 0 atom stereocenters. The van der Waals surface area contributed by atoms with E-state index in [2.05, 4.69) is 9.89 Å². The molecule has 0 spiro atoms. The number of aromatic nitrogens is 1. The Bertz CT molecular complexity index is 367. The van der Waals surface area contributed by atoms with Gasteiger partial charge in [-0.15, -0.1) is 0 Å². The molecule has 5 heteroatoms. The SMILES string of the molecule is COC(=O)c1c(C2CCC2)noc1CO. The number of aliphatic hydroxyl groups is 1. The zero-order valence-corrected chi connectivity index (χ0v) is 8.52. The molecule has 0 aliphatic heterocycles. The van der Waals surface area contributed by atoms with Gasteiger partial charge in [-0.3, -0.25) is 0 Å². The predicted molar refractivity (Wildman–Crippen MR) is 50.4 cm³/mol. The first-order chi connectivity index (χ1) is 7.27. The van der Waals surface area contributed by atoms with Crippen LogP contribution in [-0.2, 0) is 11.3 Å². The van der Waals surface area contributed by atoms with E-state index in [1.54, 1.807) is 0 Å². The highest BCUT2D eigenvalue weighted by Crippen LogP contribution is 2.38. The fourth-order valence-corrected chi connectivity index (χ4v) is 1.73. The maximum absolute atomic E-state index is 11.5. The molecular weight excluding hydrogens is 198 g/mol. The minimum atomic E-state index is -0.484. The summed E-state index contributed by atoms with van der Waals surface area (Å²) < 4.78 is 9.57. The first kappa shape index (κ1) is 10.2. The van der Waals surface area contributed by atoms with Crippen molar-refractivity contribution >= 4 is 5.97 Å². The average Bonchev–Trinajstić information content (AvgIpc) is 2.58.